The fourth-order valence-electron chi connectivity index (χ4n) is 9.83. The number of nitrogens with zero attached hydrogens (tertiary/aromatic N) is 6. The standard InChI is InChI=1S/C38H76N6O/c1-28(2)43-24-33(23-35(27-43)37(6,7)40(10)11)21-30(4)44-25-32(22-34(26-44)31(5)39(8)9)20-29(3)42-18-15-38(45,16-19-42)36-14-13-17-41(36)12/h28-36,45H,13-27H2,1-12H3/t29?,30?,31?,32?,33?,34-,35+,36?/m0/s1. The number of piperidine rings is 3. The van der Waals surface area contributed by atoms with E-state index in [1.165, 1.54) is 58.3 Å². The average molecular weight is 633 g/mol. The monoisotopic (exact) mass is 633 g/mol. The van der Waals surface area contributed by atoms with Crippen LogP contribution in [0.15, 0.2) is 0 Å². The number of hydrogen-bond acceptors (Lipinski definition) is 7. The second-order valence-electron chi connectivity index (χ2n) is 17.9. The van der Waals surface area contributed by atoms with Crippen molar-refractivity contribution in [3.63, 3.8) is 0 Å². The zero-order valence-electron chi connectivity index (χ0n) is 31.9. The predicted octanol–water partition coefficient (Wildman–Crippen LogP) is 5.04. The average Bonchev–Trinajstić information content (AvgIpc) is 3.43. The van der Waals surface area contributed by atoms with Crippen molar-refractivity contribution in [1.29, 1.82) is 0 Å². The quantitative estimate of drug-likeness (QED) is 0.323. The van der Waals surface area contributed by atoms with E-state index in [1.54, 1.807) is 0 Å². The topological polar surface area (TPSA) is 39.7 Å². The minimum atomic E-state index is -0.490. The van der Waals surface area contributed by atoms with E-state index in [0.29, 0.717) is 36.1 Å². The minimum Gasteiger partial charge on any atom is -0.388 e. The molecule has 0 aromatic carbocycles. The van der Waals surface area contributed by atoms with Crippen molar-refractivity contribution in [3.8, 4) is 0 Å². The summed E-state index contributed by atoms with van der Waals surface area (Å²) in [6, 6.07) is 2.77. The molecule has 0 radical (unpaired) electrons. The highest BCUT2D eigenvalue weighted by molar-refractivity contribution is 5.00. The van der Waals surface area contributed by atoms with Gasteiger partial charge in [-0.2, -0.15) is 0 Å². The smallest absolute Gasteiger partial charge is 0.0826 e. The van der Waals surface area contributed by atoms with Crippen molar-refractivity contribution in [2.24, 2.45) is 23.7 Å². The lowest BCUT2D eigenvalue weighted by molar-refractivity contribution is -0.0779. The van der Waals surface area contributed by atoms with Crippen LogP contribution in [0.2, 0.25) is 0 Å². The lowest BCUT2D eigenvalue weighted by Gasteiger charge is -2.50. The van der Waals surface area contributed by atoms with Gasteiger partial charge < -0.3 is 34.5 Å². The molecule has 0 aliphatic carbocycles. The predicted molar refractivity (Wildman–Crippen MR) is 192 cm³/mol. The highest BCUT2D eigenvalue weighted by Crippen LogP contribution is 2.39. The second kappa shape index (κ2) is 15.5. The fraction of sp³-hybridized carbons (Fsp3) is 1.00. The first-order valence-corrected chi connectivity index (χ1v) is 19.0. The van der Waals surface area contributed by atoms with Crippen LogP contribution in [0, 0.1) is 23.7 Å². The molecule has 4 aliphatic rings. The Morgan fingerprint density at radius 2 is 1.36 bits per heavy atom. The molecular formula is C38H76N6O. The number of likely N-dealkylation sites (N-methyl/N-ethyl adjacent to an activating group) is 1. The van der Waals surface area contributed by atoms with E-state index in [0.717, 1.165) is 56.7 Å². The van der Waals surface area contributed by atoms with Crippen LogP contribution in [0.1, 0.15) is 99.8 Å². The molecule has 0 bridgehead atoms. The van der Waals surface area contributed by atoms with Crippen LogP contribution in [-0.2, 0) is 0 Å². The van der Waals surface area contributed by atoms with Gasteiger partial charge in [0.1, 0.15) is 0 Å². The van der Waals surface area contributed by atoms with E-state index < -0.39 is 5.60 Å². The van der Waals surface area contributed by atoms with Crippen molar-refractivity contribution in [2.45, 2.75) is 141 Å². The maximum absolute atomic E-state index is 11.6. The summed E-state index contributed by atoms with van der Waals surface area (Å²) in [6.07, 6.45) is 9.55. The summed E-state index contributed by atoms with van der Waals surface area (Å²) in [5, 5.41) is 11.6. The number of likely N-dealkylation sites (tertiary alicyclic amines) is 4. The zero-order valence-corrected chi connectivity index (χ0v) is 31.9. The van der Waals surface area contributed by atoms with E-state index in [-0.39, 0.29) is 5.54 Å². The molecule has 4 saturated heterocycles. The summed E-state index contributed by atoms with van der Waals surface area (Å²) >= 11 is 0. The minimum absolute atomic E-state index is 0.213. The van der Waals surface area contributed by atoms with Crippen molar-refractivity contribution in [3.05, 3.63) is 0 Å². The number of hydrogen-bond donors (Lipinski definition) is 1. The van der Waals surface area contributed by atoms with Gasteiger partial charge in [-0.25, -0.2) is 0 Å². The van der Waals surface area contributed by atoms with Crippen LogP contribution in [-0.4, -0.2) is 157 Å². The Bertz CT molecular complexity index is 901. The van der Waals surface area contributed by atoms with Gasteiger partial charge in [0.15, 0.2) is 0 Å². The molecule has 7 heteroatoms. The van der Waals surface area contributed by atoms with Gasteiger partial charge in [-0.3, -0.25) is 0 Å². The molecule has 4 rings (SSSR count). The summed E-state index contributed by atoms with van der Waals surface area (Å²) in [5.41, 5.74) is -0.277. The van der Waals surface area contributed by atoms with Crippen molar-refractivity contribution in [1.82, 2.24) is 29.4 Å². The molecular weight excluding hydrogens is 556 g/mol. The molecule has 1 N–H and O–H groups in total. The molecule has 45 heavy (non-hydrogen) atoms. The van der Waals surface area contributed by atoms with Crippen LogP contribution >= 0.6 is 0 Å². The lowest BCUT2D eigenvalue weighted by Crippen LogP contribution is -2.57. The number of aliphatic hydroxyl groups is 1. The summed E-state index contributed by atoms with van der Waals surface area (Å²) < 4.78 is 0. The Balaban J connectivity index is 1.39. The first-order valence-electron chi connectivity index (χ1n) is 19.0. The third-order valence-corrected chi connectivity index (χ3v) is 13.9. The van der Waals surface area contributed by atoms with Gasteiger partial charge in [0.05, 0.1) is 5.60 Å². The van der Waals surface area contributed by atoms with Crippen LogP contribution in [0.3, 0.4) is 0 Å². The Morgan fingerprint density at radius 1 is 0.778 bits per heavy atom. The molecule has 264 valence electrons. The highest BCUT2D eigenvalue weighted by atomic mass is 16.3. The summed E-state index contributed by atoms with van der Waals surface area (Å²) in [5.74, 6) is 2.92. The van der Waals surface area contributed by atoms with E-state index in [2.05, 4.69) is 113 Å². The maximum atomic E-state index is 11.6. The normalized spacial score (nSPS) is 33.7. The Kier molecular flexibility index (Phi) is 12.9. The van der Waals surface area contributed by atoms with Gasteiger partial charge in [-0.1, -0.05) is 0 Å². The summed E-state index contributed by atoms with van der Waals surface area (Å²) in [6.45, 7) is 25.4. The summed E-state index contributed by atoms with van der Waals surface area (Å²) in [7, 11) is 11.3. The van der Waals surface area contributed by atoms with Gasteiger partial charge in [-0.05, 0) is 165 Å². The van der Waals surface area contributed by atoms with Crippen LogP contribution < -0.4 is 0 Å². The van der Waals surface area contributed by atoms with E-state index in [9.17, 15) is 5.11 Å². The third kappa shape index (κ3) is 9.05. The molecule has 0 amide bonds. The fourth-order valence-corrected chi connectivity index (χ4v) is 9.83. The molecule has 0 aromatic rings. The van der Waals surface area contributed by atoms with Gasteiger partial charge in [-0.15, -0.1) is 0 Å². The molecule has 4 heterocycles. The summed E-state index contributed by atoms with van der Waals surface area (Å²) in [4.78, 5) is 15.7. The van der Waals surface area contributed by atoms with Crippen molar-refractivity contribution >= 4 is 0 Å². The lowest BCUT2D eigenvalue weighted by atomic mass is 9.74. The zero-order chi connectivity index (χ0) is 33.3. The van der Waals surface area contributed by atoms with Gasteiger partial charge >= 0.3 is 0 Å². The Labute approximate surface area is 280 Å². The molecule has 7 nitrogen and oxygen atoms in total. The van der Waals surface area contributed by atoms with Crippen molar-refractivity contribution < 1.29 is 5.11 Å². The largest absolute Gasteiger partial charge is 0.388 e. The maximum Gasteiger partial charge on any atom is 0.0826 e. The molecule has 0 spiro atoms. The van der Waals surface area contributed by atoms with Crippen LogP contribution in [0.25, 0.3) is 0 Å². The molecule has 8 atom stereocenters. The number of rotatable bonds is 12. The van der Waals surface area contributed by atoms with Gasteiger partial charge in [0, 0.05) is 75.0 Å². The molecule has 4 aliphatic heterocycles. The SMILES string of the molecule is CC([C@H]1CC(CC(C)N2CCC(O)(C3CCCN3C)CC2)CN(C(C)CC2C[C@@H](C(C)(C)N(C)C)CN(C(C)C)C2)C1)N(C)C. The second-order valence-corrected chi connectivity index (χ2v) is 17.9. The van der Waals surface area contributed by atoms with E-state index in [4.69, 9.17) is 0 Å². The van der Waals surface area contributed by atoms with E-state index in [1.807, 2.05) is 0 Å². The molecule has 0 saturated carbocycles. The Hall–Kier alpha value is -0.280. The Morgan fingerprint density at radius 3 is 1.89 bits per heavy atom. The van der Waals surface area contributed by atoms with E-state index >= 15 is 0 Å². The van der Waals surface area contributed by atoms with Gasteiger partial charge in [0.25, 0.3) is 0 Å². The molecule has 0 aromatic heterocycles. The first-order chi connectivity index (χ1) is 21.0. The van der Waals surface area contributed by atoms with Gasteiger partial charge in [0.2, 0.25) is 0 Å². The van der Waals surface area contributed by atoms with Crippen LogP contribution in [0.4, 0.5) is 0 Å². The molecule has 4 fully saturated rings. The third-order valence-electron chi connectivity index (χ3n) is 13.9. The van der Waals surface area contributed by atoms with Crippen LogP contribution in [0.5, 0.6) is 0 Å². The van der Waals surface area contributed by atoms with Crippen molar-refractivity contribution in [2.75, 3.05) is 81.1 Å². The molecule has 6 unspecified atom stereocenters. The highest BCUT2D eigenvalue weighted by Gasteiger charge is 2.45. The first kappa shape index (κ1) is 37.5.